The molecule has 80 valence electrons. The Kier molecular flexibility index (Phi) is 3.43. The zero-order chi connectivity index (χ0) is 10.7. The second-order valence-corrected chi connectivity index (χ2v) is 4.81. The van der Waals surface area contributed by atoms with Crippen molar-refractivity contribution in [2.24, 2.45) is 5.92 Å². The van der Waals surface area contributed by atoms with Gasteiger partial charge in [0.05, 0.1) is 0 Å². The fourth-order valence-electron chi connectivity index (χ4n) is 1.37. The maximum Gasteiger partial charge on any atom is 0.229 e. The predicted molar refractivity (Wildman–Crippen MR) is 61.1 cm³/mol. The van der Waals surface area contributed by atoms with Gasteiger partial charge in [0, 0.05) is 17.7 Å². The maximum atomic E-state index is 11.7. The van der Waals surface area contributed by atoms with E-state index in [1.165, 1.54) is 6.33 Å². The van der Waals surface area contributed by atoms with E-state index in [9.17, 15) is 4.79 Å². The first kappa shape index (κ1) is 10.7. The maximum absolute atomic E-state index is 11.7. The summed E-state index contributed by atoms with van der Waals surface area (Å²) in [4.78, 5) is 19.4. The van der Waals surface area contributed by atoms with Gasteiger partial charge < -0.3 is 5.32 Å². The molecule has 1 aliphatic rings. The van der Waals surface area contributed by atoms with Crippen LogP contribution < -0.4 is 5.32 Å². The third-order valence-electron chi connectivity index (χ3n) is 2.19. The minimum absolute atomic E-state index is 0.0229. The van der Waals surface area contributed by atoms with Crippen LogP contribution in [0.1, 0.15) is 6.42 Å². The van der Waals surface area contributed by atoms with Crippen LogP contribution >= 0.6 is 23.4 Å². The molecule has 4 nitrogen and oxygen atoms in total. The topological polar surface area (TPSA) is 54.9 Å². The van der Waals surface area contributed by atoms with Gasteiger partial charge in [-0.05, 0) is 12.2 Å². The Labute approximate surface area is 96.8 Å². The molecule has 1 atom stereocenters. The summed E-state index contributed by atoms with van der Waals surface area (Å²) in [6, 6.07) is 1.54. The molecule has 1 unspecified atom stereocenters. The summed E-state index contributed by atoms with van der Waals surface area (Å²) in [5.41, 5.74) is 0. The lowest BCUT2D eigenvalue weighted by atomic mass is 10.1. The van der Waals surface area contributed by atoms with Gasteiger partial charge in [0.2, 0.25) is 5.91 Å². The fraction of sp³-hybridized carbons (Fsp3) is 0.444. The number of nitrogens with one attached hydrogen (secondary N) is 1. The van der Waals surface area contributed by atoms with Crippen LogP contribution in [0, 0.1) is 5.92 Å². The van der Waals surface area contributed by atoms with Crippen LogP contribution in [0.25, 0.3) is 0 Å². The highest BCUT2D eigenvalue weighted by atomic mass is 35.5. The lowest BCUT2D eigenvalue weighted by Gasteiger charge is -2.08. The Morgan fingerprint density at radius 2 is 2.47 bits per heavy atom. The fourth-order valence-corrected chi connectivity index (χ4v) is 2.74. The Hall–Kier alpha value is -0.810. The molecule has 1 aliphatic heterocycles. The molecule has 0 saturated carbocycles. The quantitative estimate of drug-likeness (QED) is 0.806. The minimum Gasteiger partial charge on any atom is -0.310 e. The summed E-state index contributed by atoms with van der Waals surface area (Å²) in [5.74, 6) is 2.54. The zero-order valence-electron chi connectivity index (χ0n) is 7.94. The molecular formula is C9H10ClN3OS. The van der Waals surface area contributed by atoms with Gasteiger partial charge in [-0.1, -0.05) is 11.6 Å². The first-order valence-corrected chi connectivity index (χ1v) is 6.15. The van der Waals surface area contributed by atoms with Crippen LogP contribution in [0.3, 0.4) is 0 Å². The van der Waals surface area contributed by atoms with Gasteiger partial charge in [-0.3, -0.25) is 4.79 Å². The first-order valence-electron chi connectivity index (χ1n) is 4.62. The first-order chi connectivity index (χ1) is 7.25. The van der Waals surface area contributed by atoms with E-state index in [2.05, 4.69) is 15.3 Å². The summed E-state index contributed by atoms with van der Waals surface area (Å²) in [5, 5.41) is 3.07. The number of aromatic nitrogens is 2. The monoisotopic (exact) mass is 243 g/mol. The molecule has 1 aromatic rings. The van der Waals surface area contributed by atoms with E-state index in [-0.39, 0.29) is 11.8 Å². The van der Waals surface area contributed by atoms with E-state index in [0.29, 0.717) is 11.0 Å². The van der Waals surface area contributed by atoms with Crippen molar-refractivity contribution in [3.05, 3.63) is 17.5 Å². The second-order valence-electron chi connectivity index (χ2n) is 3.28. The van der Waals surface area contributed by atoms with E-state index >= 15 is 0 Å². The molecule has 1 N–H and O–H groups in total. The van der Waals surface area contributed by atoms with Crippen molar-refractivity contribution in [3.63, 3.8) is 0 Å². The van der Waals surface area contributed by atoms with Crippen molar-refractivity contribution >= 4 is 35.1 Å². The second kappa shape index (κ2) is 4.81. The number of halogens is 1. The summed E-state index contributed by atoms with van der Waals surface area (Å²) in [6.45, 7) is 0. The average molecular weight is 244 g/mol. The van der Waals surface area contributed by atoms with Crippen molar-refractivity contribution in [1.29, 1.82) is 0 Å². The Morgan fingerprint density at radius 3 is 3.13 bits per heavy atom. The Bertz CT molecular complexity index is 368. The van der Waals surface area contributed by atoms with Crippen LogP contribution in [0.5, 0.6) is 0 Å². The van der Waals surface area contributed by atoms with Crippen molar-refractivity contribution in [1.82, 2.24) is 9.97 Å². The molecule has 0 radical (unpaired) electrons. The molecule has 0 aromatic carbocycles. The summed E-state index contributed by atoms with van der Waals surface area (Å²) in [6.07, 6.45) is 2.27. The molecule has 1 saturated heterocycles. The van der Waals surface area contributed by atoms with Gasteiger partial charge in [0.15, 0.2) is 0 Å². The molecule has 1 amide bonds. The van der Waals surface area contributed by atoms with Gasteiger partial charge in [0.1, 0.15) is 17.3 Å². The van der Waals surface area contributed by atoms with Crippen LogP contribution in [-0.2, 0) is 4.79 Å². The third-order valence-corrected chi connectivity index (χ3v) is 3.55. The number of amides is 1. The minimum atomic E-state index is 0.0229. The molecule has 15 heavy (non-hydrogen) atoms. The van der Waals surface area contributed by atoms with Crippen molar-refractivity contribution < 1.29 is 4.79 Å². The SMILES string of the molecule is O=C(Nc1cc(Cl)ncn1)C1CCSC1. The highest BCUT2D eigenvalue weighted by molar-refractivity contribution is 7.99. The van der Waals surface area contributed by atoms with Gasteiger partial charge in [-0.2, -0.15) is 11.8 Å². The number of hydrogen-bond acceptors (Lipinski definition) is 4. The van der Waals surface area contributed by atoms with Crippen LogP contribution in [-0.4, -0.2) is 27.4 Å². The van der Waals surface area contributed by atoms with E-state index in [1.807, 2.05) is 0 Å². The van der Waals surface area contributed by atoms with Gasteiger partial charge in [-0.25, -0.2) is 9.97 Å². The Morgan fingerprint density at radius 1 is 1.60 bits per heavy atom. The average Bonchev–Trinajstić information content (AvgIpc) is 2.70. The molecule has 0 aliphatic carbocycles. The van der Waals surface area contributed by atoms with E-state index < -0.39 is 0 Å². The molecule has 0 spiro atoms. The van der Waals surface area contributed by atoms with E-state index in [0.717, 1.165) is 17.9 Å². The number of nitrogens with zero attached hydrogens (tertiary/aromatic N) is 2. The largest absolute Gasteiger partial charge is 0.310 e. The van der Waals surface area contributed by atoms with Gasteiger partial charge in [0.25, 0.3) is 0 Å². The Balaban J connectivity index is 1.99. The number of thioether (sulfide) groups is 1. The molecule has 1 fully saturated rings. The predicted octanol–water partition coefficient (Wildman–Crippen LogP) is 1.82. The lowest BCUT2D eigenvalue weighted by Crippen LogP contribution is -2.22. The number of rotatable bonds is 2. The number of carbonyl (C=O) groups excluding carboxylic acids is 1. The van der Waals surface area contributed by atoms with Crippen molar-refractivity contribution in [3.8, 4) is 0 Å². The molecule has 2 heterocycles. The van der Waals surface area contributed by atoms with Crippen LogP contribution in [0.4, 0.5) is 5.82 Å². The highest BCUT2D eigenvalue weighted by Gasteiger charge is 2.23. The molecular weight excluding hydrogens is 234 g/mol. The zero-order valence-corrected chi connectivity index (χ0v) is 9.51. The standard InChI is InChI=1S/C9H10ClN3OS/c10-7-3-8(12-5-11-7)13-9(14)6-1-2-15-4-6/h3,5-6H,1-2,4H2,(H,11,12,13,14). The summed E-state index contributed by atoms with van der Waals surface area (Å²) in [7, 11) is 0. The van der Waals surface area contributed by atoms with Crippen LogP contribution in [0.15, 0.2) is 12.4 Å². The molecule has 1 aromatic heterocycles. The smallest absolute Gasteiger partial charge is 0.229 e. The van der Waals surface area contributed by atoms with Crippen LogP contribution in [0.2, 0.25) is 5.15 Å². The normalized spacial score (nSPS) is 20.2. The van der Waals surface area contributed by atoms with Gasteiger partial charge in [-0.15, -0.1) is 0 Å². The summed E-state index contributed by atoms with van der Waals surface area (Å²) >= 11 is 7.49. The number of anilines is 1. The number of hydrogen-bond donors (Lipinski definition) is 1. The molecule has 6 heteroatoms. The lowest BCUT2D eigenvalue weighted by molar-refractivity contribution is -0.119. The number of carbonyl (C=O) groups is 1. The molecule has 2 rings (SSSR count). The summed E-state index contributed by atoms with van der Waals surface area (Å²) < 4.78 is 0. The van der Waals surface area contributed by atoms with Gasteiger partial charge >= 0.3 is 0 Å². The van der Waals surface area contributed by atoms with E-state index in [4.69, 9.17) is 11.6 Å². The van der Waals surface area contributed by atoms with E-state index in [1.54, 1.807) is 17.8 Å². The highest BCUT2D eigenvalue weighted by Crippen LogP contribution is 2.24. The van der Waals surface area contributed by atoms with Crippen molar-refractivity contribution in [2.75, 3.05) is 16.8 Å². The van der Waals surface area contributed by atoms with Crippen molar-refractivity contribution in [2.45, 2.75) is 6.42 Å². The third kappa shape index (κ3) is 2.82. The molecule has 0 bridgehead atoms.